The van der Waals surface area contributed by atoms with Crippen LogP contribution >= 0.6 is 23.4 Å². The molecule has 2 heteroatoms. The molecule has 0 saturated heterocycles. The molecule has 0 bridgehead atoms. The van der Waals surface area contributed by atoms with Gasteiger partial charge in [0.25, 0.3) is 0 Å². The van der Waals surface area contributed by atoms with Crippen LogP contribution in [0.1, 0.15) is 39.0 Å². The number of hydrogen-bond donors (Lipinski definition) is 0. The predicted octanol–water partition coefficient (Wildman–Crippen LogP) is 3.93. The molecule has 0 aromatic carbocycles. The summed E-state index contributed by atoms with van der Waals surface area (Å²) in [6.45, 7) is 2.23. The number of alkyl halides is 1. The molecule has 12 heavy (non-hydrogen) atoms. The van der Waals surface area contributed by atoms with Crippen molar-refractivity contribution in [3.05, 3.63) is 0 Å². The van der Waals surface area contributed by atoms with Gasteiger partial charge in [0, 0.05) is 5.88 Å². The van der Waals surface area contributed by atoms with Crippen molar-refractivity contribution in [3.8, 4) is 0 Å². The van der Waals surface area contributed by atoms with Crippen molar-refractivity contribution in [2.45, 2.75) is 39.0 Å². The Labute approximate surface area is 85.4 Å². The summed E-state index contributed by atoms with van der Waals surface area (Å²) in [7, 11) is 0. The van der Waals surface area contributed by atoms with E-state index in [0.29, 0.717) is 5.41 Å². The Bertz CT molecular complexity index is 115. The maximum Gasteiger partial charge on any atom is 0.0280 e. The number of rotatable bonds is 6. The first kappa shape index (κ1) is 10.7. The van der Waals surface area contributed by atoms with Crippen LogP contribution in [0, 0.1) is 5.41 Å². The minimum absolute atomic E-state index is 0.565. The van der Waals surface area contributed by atoms with Crippen molar-refractivity contribution in [2.24, 2.45) is 5.41 Å². The van der Waals surface area contributed by atoms with E-state index in [1.54, 1.807) is 0 Å². The van der Waals surface area contributed by atoms with Crippen LogP contribution in [0.5, 0.6) is 0 Å². The maximum absolute atomic E-state index is 5.97. The fourth-order valence-electron chi connectivity index (χ4n) is 1.82. The molecule has 0 unspecified atom stereocenters. The van der Waals surface area contributed by atoms with Gasteiger partial charge in [-0.1, -0.05) is 13.3 Å². The maximum atomic E-state index is 5.97. The van der Waals surface area contributed by atoms with Crippen molar-refractivity contribution >= 4 is 23.4 Å². The van der Waals surface area contributed by atoms with Crippen LogP contribution in [0.25, 0.3) is 0 Å². The summed E-state index contributed by atoms with van der Waals surface area (Å²) in [5, 5.41) is 0. The summed E-state index contributed by atoms with van der Waals surface area (Å²) in [4.78, 5) is 0. The van der Waals surface area contributed by atoms with Crippen molar-refractivity contribution < 1.29 is 0 Å². The molecular weight excluding hydrogens is 188 g/mol. The average molecular weight is 207 g/mol. The van der Waals surface area contributed by atoms with Gasteiger partial charge >= 0.3 is 0 Å². The summed E-state index contributed by atoms with van der Waals surface area (Å²) in [5.74, 6) is 3.48. The standard InChI is InChI=1S/C10H19ClS/c1-2-12-8-4-7-10(9-11)5-3-6-10/h2-9H2,1H3. The van der Waals surface area contributed by atoms with E-state index in [2.05, 4.69) is 18.7 Å². The smallest absolute Gasteiger partial charge is 0.0280 e. The Morgan fingerprint density at radius 2 is 2.17 bits per heavy atom. The molecule has 1 aliphatic carbocycles. The van der Waals surface area contributed by atoms with E-state index in [0.717, 1.165) is 5.88 Å². The van der Waals surface area contributed by atoms with E-state index in [1.807, 2.05) is 0 Å². The zero-order valence-corrected chi connectivity index (χ0v) is 9.52. The van der Waals surface area contributed by atoms with Gasteiger partial charge in [0.15, 0.2) is 0 Å². The van der Waals surface area contributed by atoms with Crippen LogP contribution in [0.2, 0.25) is 0 Å². The molecule has 0 radical (unpaired) electrons. The van der Waals surface area contributed by atoms with E-state index in [9.17, 15) is 0 Å². The van der Waals surface area contributed by atoms with Gasteiger partial charge in [-0.25, -0.2) is 0 Å². The SMILES string of the molecule is CCSCCCC1(CCl)CCC1. The van der Waals surface area contributed by atoms with Crippen molar-refractivity contribution in [1.29, 1.82) is 0 Å². The van der Waals surface area contributed by atoms with Crippen molar-refractivity contribution in [1.82, 2.24) is 0 Å². The van der Waals surface area contributed by atoms with E-state index >= 15 is 0 Å². The lowest BCUT2D eigenvalue weighted by atomic mass is 9.68. The molecule has 0 N–H and O–H groups in total. The second-order valence-electron chi connectivity index (χ2n) is 3.79. The molecule has 1 saturated carbocycles. The first-order valence-corrected chi connectivity index (χ1v) is 6.66. The second-order valence-corrected chi connectivity index (χ2v) is 5.45. The zero-order valence-electron chi connectivity index (χ0n) is 7.94. The van der Waals surface area contributed by atoms with Gasteiger partial charge in [-0.2, -0.15) is 11.8 Å². The van der Waals surface area contributed by atoms with Crippen LogP contribution in [-0.4, -0.2) is 17.4 Å². The van der Waals surface area contributed by atoms with Gasteiger partial charge in [-0.05, 0) is 42.6 Å². The van der Waals surface area contributed by atoms with Crippen molar-refractivity contribution in [2.75, 3.05) is 17.4 Å². The number of halogens is 1. The topological polar surface area (TPSA) is 0 Å². The molecule has 0 aromatic rings. The quantitative estimate of drug-likeness (QED) is 0.469. The third kappa shape index (κ3) is 2.85. The Kier molecular flexibility index (Phi) is 4.81. The van der Waals surface area contributed by atoms with E-state index in [-0.39, 0.29) is 0 Å². The average Bonchev–Trinajstić information content (AvgIpc) is 2.02. The summed E-state index contributed by atoms with van der Waals surface area (Å²) in [6.07, 6.45) is 6.91. The van der Waals surface area contributed by atoms with Gasteiger partial charge in [0.05, 0.1) is 0 Å². The molecule has 0 atom stereocenters. The largest absolute Gasteiger partial charge is 0.162 e. The molecule has 72 valence electrons. The Morgan fingerprint density at radius 3 is 2.58 bits per heavy atom. The molecule has 1 fully saturated rings. The minimum Gasteiger partial charge on any atom is -0.162 e. The molecular formula is C10H19ClS. The zero-order chi connectivity index (χ0) is 8.86. The summed E-state index contributed by atoms with van der Waals surface area (Å²) < 4.78 is 0. The molecule has 1 rings (SSSR count). The van der Waals surface area contributed by atoms with Crippen LogP contribution in [0.3, 0.4) is 0 Å². The molecule has 1 aliphatic rings. The fourth-order valence-corrected chi connectivity index (χ4v) is 2.86. The number of hydrogen-bond acceptors (Lipinski definition) is 1. The van der Waals surface area contributed by atoms with Gasteiger partial charge in [0.1, 0.15) is 0 Å². The third-order valence-electron chi connectivity index (χ3n) is 2.90. The highest BCUT2D eigenvalue weighted by Crippen LogP contribution is 2.45. The second kappa shape index (κ2) is 5.39. The predicted molar refractivity (Wildman–Crippen MR) is 59.2 cm³/mol. The lowest BCUT2D eigenvalue weighted by Crippen LogP contribution is -2.31. The highest BCUT2D eigenvalue weighted by Gasteiger charge is 2.34. The molecule has 0 nitrogen and oxygen atoms in total. The molecule has 0 aliphatic heterocycles. The highest BCUT2D eigenvalue weighted by atomic mass is 35.5. The normalized spacial score (nSPS) is 20.5. The van der Waals surface area contributed by atoms with Crippen LogP contribution in [0.15, 0.2) is 0 Å². The first-order valence-electron chi connectivity index (χ1n) is 4.97. The molecule has 0 amide bonds. The van der Waals surface area contributed by atoms with Gasteiger partial charge in [-0.3, -0.25) is 0 Å². The van der Waals surface area contributed by atoms with Crippen LogP contribution in [-0.2, 0) is 0 Å². The lowest BCUT2D eigenvalue weighted by molar-refractivity contribution is 0.150. The summed E-state index contributed by atoms with van der Waals surface area (Å²) >= 11 is 8.02. The highest BCUT2D eigenvalue weighted by molar-refractivity contribution is 7.99. The van der Waals surface area contributed by atoms with E-state index in [1.165, 1.54) is 43.6 Å². The van der Waals surface area contributed by atoms with Gasteiger partial charge in [0.2, 0.25) is 0 Å². The lowest BCUT2D eigenvalue weighted by Gasteiger charge is -2.40. The molecule has 0 spiro atoms. The summed E-state index contributed by atoms with van der Waals surface area (Å²) in [6, 6.07) is 0. The monoisotopic (exact) mass is 206 g/mol. The van der Waals surface area contributed by atoms with Gasteiger partial charge in [-0.15, -0.1) is 11.6 Å². The Morgan fingerprint density at radius 1 is 1.42 bits per heavy atom. The third-order valence-corrected chi connectivity index (χ3v) is 4.45. The molecule has 0 aromatic heterocycles. The summed E-state index contributed by atoms with van der Waals surface area (Å²) in [5.41, 5.74) is 0.565. The van der Waals surface area contributed by atoms with Crippen molar-refractivity contribution in [3.63, 3.8) is 0 Å². The number of thioether (sulfide) groups is 1. The first-order chi connectivity index (χ1) is 5.83. The van der Waals surface area contributed by atoms with Gasteiger partial charge < -0.3 is 0 Å². The van der Waals surface area contributed by atoms with E-state index < -0.39 is 0 Å². The Balaban J connectivity index is 2.04. The minimum atomic E-state index is 0.565. The van der Waals surface area contributed by atoms with E-state index in [4.69, 9.17) is 11.6 Å². The fraction of sp³-hybridized carbons (Fsp3) is 1.00. The Hall–Kier alpha value is 0.640. The van der Waals surface area contributed by atoms with Crippen LogP contribution in [0.4, 0.5) is 0 Å². The molecule has 0 heterocycles. The van der Waals surface area contributed by atoms with Crippen LogP contribution < -0.4 is 0 Å².